The molecule has 3 heterocycles. The molecule has 0 amide bonds. The Labute approximate surface area is 298 Å². The van der Waals surface area contributed by atoms with Crippen LogP contribution in [-0.4, -0.2) is 58.4 Å². The molecule has 0 aliphatic carbocycles. The topological polar surface area (TPSA) is 27.7 Å². The second-order valence-electron chi connectivity index (χ2n) is 9.55. The van der Waals surface area contributed by atoms with E-state index in [9.17, 15) is 0 Å². The Morgan fingerprint density at radius 3 is 1.17 bits per heavy atom. The van der Waals surface area contributed by atoms with Crippen molar-refractivity contribution in [3.8, 4) is 0 Å². The zero-order valence-corrected chi connectivity index (χ0v) is 31.6. The number of hydrogen-bond acceptors (Lipinski definition) is 3. The predicted molar refractivity (Wildman–Crippen MR) is 137 cm³/mol. The van der Waals surface area contributed by atoms with Gasteiger partial charge in [-0.05, 0) is 6.42 Å². The quantitative estimate of drug-likeness (QED) is 0.305. The monoisotopic (exact) mass is 703 g/mol. The van der Waals surface area contributed by atoms with Gasteiger partial charge >= 0.3 is 0 Å². The van der Waals surface area contributed by atoms with Crippen molar-refractivity contribution in [1.29, 1.82) is 0 Å². The van der Waals surface area contributed by atoms with Crippen molar-refractivity contribution in [2.75, 3.05) is 0 Å². The molecule has 35 heavy (non-hydrogen) atoms. The van der Waals surface area contributed by atoms with E-state index >= 15 is 0 Å². The molecule has 0 aromatic carbocycles. The van der Waals surface area contributed by atoms with E-state index in [1.165, 1.54) is 0 Å². The number of rotatable bonds is 5. The molecule has 9 atom stereocenters. The summed E-state index contributed by atoms with van der Waals surface area (Å²) in [5.41, 5.74) is -0.556. The zero-order chi connectivity index (χ0) is 24.7. The van der Waals surface area contributed by atoms with Crippen molar-refractivity contribution >= 4 is 23.5 Å². The van der Waals surface area contributed by atoms with Crippen molar-refractivity contribution < 1.29 is 112 Å². The Kier molecular flexibility index (Phi) is 23.9. The third-order valence-electron chi connectivity index (χ3n) is 7.43. The van der Waals surface area contributed by atoms with Crippen molar-refractivity contribution in [3.63, 3.8) is 0 Å². The second-order valence-corrected chi connectivity index (χ2v) is 9.55. The molecule has 3 unspecified atom stereocenters. The van der Waals surface area contributed by atoms with Crippen LogP contribution in [-0.2, 0) is 112 Å². The van der Waals surface area contributed by atoms with E-state index in [2.05, 4.69) is 68.7 Å². The molecule has 3 saturated heterocycles. The maximum absolute atomic E-state index is 5.73. The van der Waals surface area contributed by atoms with Crippen LogP contribution in [0.1, 0.15) is 73.6 Å². The smallest absolute Gasteiger partial charge is 0.0625 e. The molecule has 9 radical (unpaired) electrons. The van der Waals surface area contributed by atoms with Gasteiger partial charge in [-0.2, -0.15) is 18.3 Å². The van der Waals surface area contributed by atoms with E-state index in [-0.39, 0.29) is 133 Å². The Bertz CT molecular complexity index is 535. The van der Waals surface area contributed by atoms with Gasteiger partial charge < -0.3 is 54.2 Å². The molecule has 0 saturated carbocycles. The summed E-state index contributed by atoms with van der Waals surface area (Å²) in [6.07, 6.45) is 10.9. The summed E-state index contributed by atoms with van der Waals surface area (Å²) in [5, 5.41) is 0. The van der Waals surface area contributed by atoms with E-state index in [1.54, 1.807) is 0 Å². The van der Waals surface area contributed by atoms with Crippen LogP contribution in [0.3, 0.4) is 0 Å². The van der Waals surface area contributed by atoms with Gasteiger partial charge in [0, 0.05) is 104 Å². The molecule has 0 bridgehead atoms. The average Bonchev–Trinajstić information content (AvgIpc) is 3.26. The molecule has 3 nitrogen and oxygen atoms in total. The van der Waals surface area contributed by atoms with Crippen molar-refractivity contribution in [2.24, 2.45) is 17.8 Å². The van der Waals surface area contributed by atoms with Gasteiger partial charge in [0.1, 0.15) is 0 Å². The molecule has 3 aliphatic rings. The first-order chi connectivity index (χ1) is 14.8. The van der Waals surface area contributed by atoms with Gasteiger partial charge in [0.15, 0.2) is 0 Å². The van der Waals surface area contributed by atoms with Crippen LogP contribution < -0.4 is 0 Å². The van der Waals surface area contributed by atoms with Crippen LogP contribution in [0.15, 0.2) is 0 Å². The van der Waals surface area contributed by atoms with E-state index in [4.69, 9.17) is 37.7 Å². The minimum atomic E-state index is -0.264. The summed E-state index contributed by atoms with van der Waals surface area (Å²) in [7, 11) is 16.8. The van der Waals surface area contributed by atoms with Crippen molar-refractivity contribution in [2.45, 2.75) is 108 Å². The summed E-state index contributed by atoms with van der Waals surface area (Å²) in [4.78, 5) is 0. The number of ether oxygens (including phenoxy) is 3. The predicted octanol–water partition coefficient (Wildman–Crippen LogP) is 4.78. The van der Waals surface area contributed by atoms with Crippen molar-refractivity contribution in [3.05, 3.63) is 40.0 Å². The van der Waals surface area contributed by atoms with Crippen LogP contribution in [0.25, 0.3) is 0 Å². The summed E-state index contributed by atoms with van der Waals surface area (Å²) in [5.74, 6) is 1.19. The van der Waals surface area contributed by atoms with Gasteiger partial charge in [-0.3, -0.25) is 0 Å². The van der Waals surface area contributed by atoms with E-state index < -0.39 is 0 Å². The Balaban J connectivity index is -0.000000423. The summed E-state index contributed by atoms with van der Waals surface area (Å²) >= 11 is 0. The van der Waals surface area contributed by atoms with Gasteiger partial charge in [-0.15, -0.1) is 17.9 Å². The molecule has 3 aliphatic heterocycles. The normalized spacial score (nSPS) is 41.7. The molecule has 189 valence electrons. The third kappa shape index (κ3) is 12.4. The first kappa shape index (κ1) is 42.8. The van der Waals surface area contributed by atoms with Gasteiger partial charge in [0.25, 0.3) is 0 Å². The van der Waals surface area contributed by atoms with Gasteiger partial charge in [-0.25, -0.2) is 0 Å². The van der Waals surface area contributed by atoms with Gasteiger partial charge in [0.05, 0.1) is 23.5 Å². The summed E-state index contributed by atoms with van der Waals surface area (Å²) in [6, 6.07) is -0.605. The first-order valence-electron chi connectivity index (χ1n) is 12.2. The van der Waals surface area contributed by atoms with Crippen LogP contribution in [0.5, 0.6) is 0 Å². The Morgan fingerprint density at radius 2 is 1.00 bits per heavy atom. The van der Waals surface area contributed by atoms with Crippen LogP contribution in [0.2, 0.25) is 0 Å². The molecule has 0 spiro atoms. The molecule has 0 N–H and O–H groups in total. The summed E-state index contributed by atoms with van der Waals surface area (Å²) in [6.45, 7) is 24.5. The molecular weight excluding hydrogens is 659 g/mol. The average molecular weight is 703 g/mol. The molecule has 9 heteroatoms. The third-order valence-corrected chi connectivity index (χ3v) is 7.43. The summed E-state index contributed by atoms with van der Waals surface area (Å²) < 4.78 is 16.6. The molecule has 0 aromatic heterocycles. The van der Waals surface area contributed by atoms with Crippen LogP contribution >= 0.6 is 0 Å². The fourth-order valence-corrected chi connectivity index (χ4v) is 4.61. The standard InChI is InChI=1S/C10H17BO.2C8H13BO.3Y/c1-4-6-10(5-2)8(3)7-9(11)12-10;2*1-4-8(3)6(2)5-7(9)10-8;;;/h7-9H,1,4-6H2,2-3H3;2*5-7H,3-4H2,1-2H3;;;/q3*-2;;;/t8-,9+,10?;6-,7+,8?;6-,7-,8?;;;/m001.../s1. The first-order valence-corrected chi connectivity index (χ1v) is 12.2. The number of hydrogen-bond donors (Lipinski definition) is 0. The van der Waals surface area contributed by atoms with E-state index in [0.29, 0.717) is 17.8 Å². The SMILES string of the molecule is [B][C@H]1[CH-][C@@H](C)C([CH2-])(CC)O1.[B][C@H]1[CH-][C@H](C)C(CC)(CC[CH2-])O1.[B][C@H]1[CH-][C@H](C)C([CH2-])(CC)O1.[Y].[Y].[Y]. The van der Waals surface area contributed by atoms with Crippen LogP contribution in [0, 0.1) is 57.8 Å². The Morgan fingerprint density at radius 1 is 0.657 bits per heavy atom. The second kappa shape index (κ2) is 19.5. The molecule has 0 aromatic rings. The largest absolute Gasteiger partial charge is 0.446 e. The minimum Gasteiger partial charge on any atom is -0.446 e. The van der Waals surface area contributed by atoms with Gasteiger partial charge in [-0.1, -0.05) is 78.0 Å². The molecule has 3 fully saturated rings. The van der Waals surface area contributed by atoms with Gasteiger partial charge in [0.2, 0.25) is 0 Å². The van der Waals surface area contributed by atoms with E-state index in [1.807, 2.05) is 12.8 Å². The maximum atomic E-state index is 5.73. The zero-order valence-electron chi connectivity index (χ0n) is 23.0. The van der Waals surface area contributed by atoms with Crippen molar-refractivity contribution in [1.82, 2.24) is 0 Å². The fourth-order valence-electron chi connectivity index (χ4n) is 4.61. The Hall–Kier alpha value is 3.39. The molecular formula is C26H43B3O3Y3-6. The van der Waals surface area contributed by atoms with E-state index in [0.717, 1.165) is 32.1 Å². The fraction of sp³-hybridized carbons (Fsp3) is 0.769. The molecule has 3 rings (SSSR count). The maximum Gasteiger partial charge on any atom is 0.0625 e. The van der Waals surface area contributed by atoms with Crippen LogP contribution in [0.4, 0.5) is 0 Å². The minimum absolute atomic E-state index is 0.